The van der Waals surface area contributed by atoms with E-state index in [2.05, 4.69) is 69.9 Å². The van der Waals surface area contributed by atoms with Crippen molar-refractivity contribution in [2.45, 2.75) is 65.6 Å². The Morgan fingerprint density at radius 3 is 2.39 bits per heavy atom. The van der Waals surface area contributed by atoms with Crippen LogP contribution in [0.1, 0.15) is 51.5 Å². The fourth-order valence-corrected chi connectivity index (χ4v) is 4.08. The molecule has 1 unspecified atom stereocenters. The van der Waals surface area contributed by atoms with E-state index in [1.54, 1.807) is 0 Å². The van der Waals surface area contributed by atoms with Crippen LogP contribution in [0.4, 0.5) is 0 Å². The molecule has 0 amide bonds. The van der Waals surface area contributed by atoms with Crippen LogP contribution in [-0.2, 0) is 4.43 Å². The van der Waals surface area contributed by atoms with Crippen LogP contribution in [0.25, 0.3) is 5.57 Å². The van der Waals surface area contributed by atoms with Crippen molar-refractivity contribution < 1.29 is 4.43 Å². The normalized spacial score (nSPS) is 24.0. The molecule has 2 heteroatoms. The zero-order chi connectivity index (χ0) is 16.9. The Bertz CT molecular complexity index is 563. The number of hydrogen-bond donors (Lipinski definition) is 0. The highest BCUT2D eigenvalue weighted by atomic mass is 28.4. The van der Waals surface area contributed by atoms with Crippen LogP contribution in [0.3, 0.4) is 0 Å². The van der Waals surface area contributed by atoms with E-state index in [0.29, 0.717) is 5.92 Å². The van der Waals surface area contributed by atoms with Gasteiger partial charge in [0.25, 0.3) is 0 Å². The summed E-state index contributed by atoms with van der Waals surface area (Å²) >= 11 is 0. The lowest BCUT2D eigenvalue weighted by Gasteiger charge is -2.28. The topological polar surface area (TPSA) is 9.23 Å². The first-order valence-electron chi connectivity index (χ1n) is 8.97. The molecular weight excluding hydrogens is 296 g/mol. The third-order valence-electron chi connectivity index (χ3n) is 4.34. The van der Waals surface area contributed by atoms with Gasteiger partial charge in [-0.1, -0.05) is 48.9 Å². The van der Waals surface area contributed by atoms with Gasteiger partial charge in [-0.2, -0.15) is 0 Å². The van der Waals surface area contributed by atoms with Crippen molar-refractivity contribution in [1.82, 2.24) is 0 Å². The molecule has 0 saturated heterocycles. The van der Waals surface area contributed by atoms with Crippen molar-refractivity contribution in [1.29, 1.82) is 0 Å². The van der Waals surface area contributed by atoms with Crippen LogP contribution in [0, 0.1) is 5.92 Å². The molecule has 0 N–H and O–H groups in total. The van der Waals surface area contributed by atoms with E-state index >= 15 is 0 Å². The van der Waals surface area contributed by atoms with Gasteiger partial charge < -0.3 is 4.43 Å². The minimum Gasteiger partial charge on any atom is -0.547 e. The summed E-state index contributed by atoms with van der Waals surface area (Å²) in [5, 5.41) is 0. The molecule has 0 bridgehead atoms. The van der Waals surface area contributed by atoms with Gasteiger partial charge in [0.1, 0.15) is 0 Å². The highest BCUT2D eigenvalue weighted by Gasteiger charge is 2.22. The minimum atomic E-state index is -1.61. The van der Waals surface area contributed by atoms with Gasteiger partial charge in [-0.05, 0) is 69.3 Å². The minimum absolute atomic E-state index is 0.669. The molecule has 0 aromatic heterocycles. The molecule has 0 saturated carbocycles. The summed E-state index contributed by atoms with van der Waals surface area (Å²) < 4.78 is 6.58. The summed E-state index contributed by atoms with van der Waals surface area (Å²) in [6, 6.07) is 10.8. The molecule has 0 radical (unpaired) electrons. The second-order valence-corrected chi connectivity index (χ2v) is 12.3. The molecule has 0 aliphatic heterocycles. The maximum Gasteiger partial charge on any atom is 0.241 e. The molecule has 0 heterocycles. The van der Waals surface area contributed by atoms with Crippen LogP contribution < -0.4 is 0 Å². The molecular formula is C21H32OSi. The largest absolute Gasteiger partial charge is 0.547 e. The van der Waals surface area contributed by atoms with Gasteiger partial charge in [-0.15, -0.1) is 0 Å². The maximum atomic E-state index is 6.58. The average molecular weight is 329 g/mol. The van der Waals surface area contributed by atoms with Crippen molar-refractivity contribution in [3.05, 3.63) is 53.3 Å². The molecule has 1 aromatic rings. The Morgan fingerprint density at radius 2 is 1.74 bits per heavy atom. The first-order valence-corrected chi connectivity index (χ1v) is 12.4. The Labute approximate surface area is 143 Å². The molecule has 126 valence electrons. The van der Waals surface area contributed by atoms with Crippen LogP contribution in [0.5, 0.6) is 0 Å². The molecule has 1 aliphatic carbocycles. The predicted octanol–water partition coefficient (Wildman–Crippen LogP) is 6.80. The smallest absolute Gasteiger partial charge is 0.241 e. The molecule has 2 rings (SSSR count). The Kier molecular flexibility index (Phi) is 6.29. The Morgan fingerprint density at radius 1 is 1.04 bits per heavy atom. The molecule has 0 fully saturated rings. The molecule has 0 spiro atoms. The zero-order valence-corrected chi connectivity index (χ0v) is 16.5. The van der Waals surface area contributed by atoms with Gasteiger partial charge in [0.05, 0.1) is 5.76 Å². The van der Waals surface area contributed by atoms with Crippen molar-refractivity contribution in [2.75, 3.05) is 0 Å². The van der Waals surface area contributed by atoms with Gasteiger partial charge in [-0.25, -0.2) is 0 Å². The first-order chi connectivity index (χ1) is 10.8. The summed E-state index contributed by atoms with van der Waals surface area (Å²) in [4.78, 5) is 0. The third kappa shape index (κ3) is 6.02. The number of allylic oxidation sites excluding steroid dienone is 4. The van der Waals surface area contributed by atoms with Gasteiger partial charge in [0.15, 0.2) is 0 Å². The van der Waals surface area contributed by atoms with Crippen LogP contribution in [-0.4, -0.2) is 8.32 Å². The monoisotopic (exact) mass is 328 g/mol. The van der Waals surface area contributed by atoms with Crippen LogP contribution in [0.15, 0.2) is 47.7 Å². The highest BCUT2D eigenvalue weighted by molar-refractivity contribution is 6.70. The number of benzene rings is 1. The maximum absolute atomic E-state index is 6.58. The third-order valence-corrected chi connectivity index (χ3v) is 5.20. The standard InChI is InChI=1S/C21H32OSi/c1-17-10-9-11-18(2)16-21(22-23(3,4)5)20(15-14-17)19-12-7-6-8-13-19/h6-8,10,12-13,18H,9,11,14-16H2,1-5H3/b17-10?,21-20+. The summed E-state index contributed by atoms with van der Waals surface area (Å²) in [7, 11) is -1.61. The quantitative estimate of drug-likeness (QED) is 0.438. The molecule has 23 heavy (non-hydrogen) atoms. The van der Waals surface area contributed by atoms with Crippen molar-refractivity contribution in [2.24, 2.45) is 5.92 Å². The van der Waals surface area contributed by atoms with E-state index < -0.39 is 8.32 Å². The fourth-order valence-electron chi connectivity index (χ4n) is 3.14. The second kappa shape index (κ2) is 8.01. The SMILES string of the molecule is CC1=CCCC(C)C/C(O[Si](C)(C)C)=C(\c2ccccc2)CC1. The van der Waals surface area contributed by atoms with E-state index in [1.165, 1.54) is 35.3 Å². The lowest BCUT2D eigenvalue weighted by atomic mass is 9.90. The van der Waals surface area contributed by atoms with Crippen LogP contribution in [0.2, 0.25) is 19.6 Å². The van der Waals surface area contributed by atoms with Gasteiger partial charge in [0, 0.05) is 6.42 Å². The van der Waals surface area contributed by atoms with Gasteiger partial charge >= 0.3 is 0 Å². The molecule has 1 aromatic carbocycles. The Balaban J connectivity index is 2.44. The van der Waals surface area contributed by atoms with Crippen molar-refractivity contribution in [3.63, 3.8) is 0 Å². The van der Waals surface area contributed by atoms with E-state index in [0.717, 1.165) is 19.3 Å². The fraction of sp³-hybridized carbons (Fsp3) is 0.524. The summed E-state index contributed by atoms with van der Waals surface area (Å²) in [5.41, 5.74) is 4.27. The van der Waals surface area contributed by atoms with Crippen molar-refractivity contribution in [3.8, 4) is 0 Å². The molecule has 1 nitrogen and oxygen atoms in total. The molecule has 1 atom stereocenters. The van der Waals surface area contributed by atoms with Crippen LogP contribution >= 0.6 is 0 Å². The van der Waals surface area contributed by atoms with Crippen molar-refractivity contribution >= 4 is 13.9 Å². The lowest BCUT2D eigenvalue weighted by molar-refractivity contribution is 0.362. The summed E-state index contributed by atoms with van der Waals surface area (Å²) in [6.45, 7) is 11.5. The predicted molar refractivity (Wildman–Crippen MR) is 104 cm³/mol. The highest BCUT2D eigenvalue weighted by Crippen LogP contribution is 2.33. The van der Waals surface area contributed by atoms with E-state index in [-0.39, 0.29) is 0 Å². The zero-order valence-electron chi connectivity index (χ0n) is 15.5. The van der Waals surface area contributed by atoms with E-state index in [4.69, 9.17) is 4.43 Å². The average Bonchev–Trinajstić information content (AvgIpc) is 2.46. The Hall–Kier alpha value is -1.28. The van der Waals surface area contributed by atoms with E-state index in [9.17, 15) is 0 Å². The second-order valence-electron chi connectivity index (χ2n) is 7.92. The number of hydrogen-bond acceptors (Lipinski definition) is 1. The molecule has 1 aliphatic rings. The first kappa shape index (κ1) is 18.1. The van der Waals surface area contributed by atoms with Gasteiger partial charge in [0.2, 0.25) is 8.32 Å². The van der Waals surface area contributed by atoms with Gasteiger partial charge in [-0.3, -0.25) is 0 Å². The summed E-state index contributed by atoms with van der Waals surface area (Å²) in [6.07, 6.45) is 8.17. The van der Waals surface area contributed by atoms with E-state index in [1.807, 2.05) is 0 Å². The lowest BCUT2D eigenvalue weighted by Crippen LogP contribution is -2.26. The number of rotatable bonds is 3. The summed E-state index contributed by atoms with van der Waals surface area (Å²) in [5.74, 6) is 1.93.